The van der Waals surface area contributed by atoms with Gasteiger partial charge in [0.05, 0.1) is 11.0 Å². The molecule has 0 saturated heterocycles. The second-order valence-electron chi connectivity index (χ2n) is 6.83. The van der Waals surface area contributed by atoms with Crippen LogP contribution in [0.1, 0.15) is 47.6 Å². The highest BCUT2D eigenvalue weighted by molar-refractivity contribution is 7.89. The summed E-state index contributed by atoms with van der Waals surface area (Å²) >= 11 is 0. The van der Waals surface area contributed by atoms with E-state index < -0.39 is 33.6 Å². The number of amides is 1. The molecule has 0 aliphatic heterocycles. The Labute approximate surface area is 167 Å². The van der Waals surface area contributed by atoms with Gasteiger partial charge in [-0.05, 0) is 37.1 Å². The molecule has 0 spiro atoms. The first kappa shape index (κ1) is 20.9. The van der Waals surface area contributed by atoms with Crippen molar-refractivity contribution in [3.63, 3.8) is 0 Å². The van der Waals surface area contributed by atoms with Gasteiger partial charge in [-0.25, -0.2) is 21.9 Å². The minimum Gasteiger partial charge on any atom is -0.332 e. The maximum atomic E-state index is 13.9. The van der Waals surface area contributed by atoms with Crippen LogP contribution in [0.3, 0.4) is 0 Å². The third-order valence-electron chi connectivity index (χ3n) is 4.76. The summed E-state index contributed by atoms with van der Waals surface area (Å²) in [5, 5.41) is 11.6. The van der Waals surface area contributed by atoms with Crippen LogP contribution < -0.4 is 10.0 Å². The predicted octanol–water partition coefficient (Wildman–Crippen LogP) is 3.18. The Morgan fingerprint density at radius 3 is 2.52 bits per heavy atom. The van der Waals surface area contributed by atoms with Gasteiger partial charge in [-0.1, -0.05) is 25.0 Å². The third-order valence-corrected chi connectivity index (χ3v) is 6.28. The van der Waals surface area contributed by atoms with Crippen molar-refractivity contribution in [2.45, 2.75) is 42.7 Å². The standard InChI is InChI=1S/C20H19F2N3O3S/c21-14-8-9-17(18(22)11-14)19(12-23)24-20(26)13-4-3-7-16(10-13)29(27,28)25-15-5-1-2-6-15/h3-4,7-11,15,19,25H,1-2,5-6H2,(H,24,26). The summed E-state index contributed by atoms with van der Waals surface area (Å²) in [6.45, 7) is 0. The van der Waals surface area contributed by atoms with Gasteiger partial charge in [-0.2, -0.15) is 5.26 Å². The Morgan fingerprint density at radius 2 is 1.86 bits per heavy atom. The zero-order valence-electron chi connectivity index (χ0n) is 15.4. The van der Waals surface area contributed by atoms with Crippen LogP contribution in [-0.4, -0.2) is 20.4 Å². The van der Waals surface area contributed by atoms with E-state index in [0.29, 0.717) is 6.07 Å². The Kier molecular flexibility index (Phi) is 6.25. The van der Waals surface area contributed by atoms with Gasteiger partial charge in [-0.15, -0.1) is 0 Å². The van der Waals surface area contributed by atoms with Crippen molar-refractivity contribution in [1.29, 1.82) is 5.26 Å². The smallest absolute Gasteiger partial charge is 0.252 e. The highest BCUT2D eigenvalue weighted by Crippen LogP contribution is 2.22. The molecule has 1 fully saturated rings. The summed E-state index contributed by atoms with van der Waals surface area (Å²) in [5.41, 5.74) is -0.184. The van der Waals surface area contributed by atoms with Gasteiger partial charge in [0.1, 0.15) is 17.7 Å². The van der Waals surface area contributed by atoms with Crippen LogP contribution in [0.5, 0.6) is 0 Å². The van der Waals surface area contributed by atoms with Crippen molar-refractivity contribution in [3.05, 3.63) is 65.2 Å². The Balaban J connectivity index is 1.79. The highest BCUT2D eigenvalue weighted by Gasteiger charge is 2.24. The monoisotopic (exact) mass is 419 g/mol. The number of nitrogens with zero attached hydrogens (tertiary/aromatic N) is 1. The van der Waals surface area contributed by atoms with Gasteiger partial charge in [0, 0.05) is 23.2 Å². The molecular formula is C20H19F2N3O3S. The topological polar surface area (TPSA) is 99.1 Å². The number of carbonyl (C=O) groups excluding carboxylic acids is 1. The molecule has 0 heterocycles. The van der Waals surface area contributed by atoms with Crippen LogP contribution in [0, 0.1) is 23.0 Å². The number of hydrogen-bond acceptors (Lipinski definition) is 4. The lowest BCUT2D eigenvalue weighted by Crippen LogP contribution is -2.33. The largest absolute Gasteiger partial charge is 0.332 e. The Hall–Kier alpha value is -2.83. The molecule has 2 aromatic carbocycles. The van der Waals surface area contributed by atoms with Gasteiger partial charge >= 0.3 is 0 Å². The normalized spacial score (nSPS) is 15.6. The van der Waals surface area contributed by atoms with E-state index in [0.717, 1.165) is 37.8 Å². The quantitative estimate of drug-likeness (QED) is 0.751. The SMILES string of the molecule is N#CC(NC(=O)c1cccc(S(=O)(=O)NC2CCCC2)c1)c1ccc(F)cc1F. The first-order valence-electron chi connectivity index (χ1n) is 9.08. The number of benzene rings is 2. The average Bonchev–Trinajstić information content (AvgIpc) is 3.19. The lowest BCUT2D eigenvalue weighted by atomic mass is 10.1. The van der Waals surface area contributed by atoms with E-state index in [1.54, 1.807) is 6.07 Å². The zero-order chi connectivity index (χ0) is 21.0. The molecule has 1 atom stereocenters. The molecule has 1 unspecified atom stereocenters. The molecule has 2 aromatic rings. The van der Waals surface area contributed by atoms with E-state index in [4.69, 9.17) is 0 Å². The molecule has 1 saturated carbocycles. The lowest BCUT2D eigenvalue weighted by Gasteiger charge is -2.15. The van der Waals surface area contributed by atoms with Crippen LogP contribution in [0.25, 0.3) is 0 Å². The van der Waals surface area contributed by atoms with Crippen molar-refractivity contribution in [3.8, 4) is 6.07 Å². The number of sulfonamides is 1. The molecule has 29 heavy (non-hydrogen) atoms. The van der Waals surface area contributed by atoms with E-state index >= 15 is 0 Å². The molecule has 2 N–H and O–H groups in total. The Morgan fingerprint density at radius 1 is 1.14 bits per heavy atom. The van der Waals surface area contributed by atoms with Crippen LogP contribution in [0.15, 0.2) is 47.4 Å². The molecule has 0 aromatic heterocycles. The fourth-order valence-corrected chi connectivity index (χ4v) is 4.62. The number of rotatable bonds is 6. The van der Waals surface area contributed by atoms with Gasteiger partial charge in [0.2, 0.25) is 10.0 Å². The van der Waals surface area contributed by atoms with Crippen LogP contribution in [0.2, 0.25) is 0 Å². The summed E-state index contributed by atoms with van der Waals surface area (Å²) in [4.78, 5) is 12.4. The number of hydrogen-bond donors (Lipinski definition) is 2. The molecular weight excluding hydrogens is 400 g/mol. The van der Waals surface area contributed by atoms with Gasteiger partial charge in [-0.3, -0.25) is 4.79 Å². The summed E-state index contributed by atoms with van der Waals surface area (Å²) in [6, 6.07) is 8.31. The molecule has 0 radical (unpaired) electrons. The molecule has 1 aliphatic rings. The lowest BCUT2D eigenvalue weighted by molar-refractivity contribution is 0.0944. The second kappa shape index (κ2) is 8.68. The van der Waals surface area contributed by atoms with Crippen molar-refractivity contribution in [2.24, 2.45) is 0 Å². The minimum atomic E-state index is -3.79. The van der Waals surface area contributed by atoms with Crippen molar-refractivity contribution in [1.82, 2.24) is 10.0 Å². The van der Waals surface area contributed by atoms with Crippen molar-refractivity contribution < 1.29 is 22.0 Å². The van der Waals surface area contributed by atoms with Gasteiger partial charge in [0.25, 0.3) is 5.91 Å². The van der Waals surface area contributed by atoms with Crippen LogP contribution in [-0.2, 0) is 10.0 Å². The maximum Gasteiger partial charge on any atom is 0.252 e. The van der Waals surface area contributed by atoms with Gasteiger partial charge < -0.3 is 5.32 Å². The van der Waals surface area contributed by atoms with Crippen molar-refractivity contribution in [2.75, 3.05) is 0 Å². The fraction of sp³-hybridized carbons (Fsp3) is 0.300. The summed E-state index contributed by atoms with van der Waals surface area (Å²) in [5.74, 6) is -2.52. The molecule has 152 valence electrons. The molecule has 0 bridgehead atoms. The fourth-order valence-electron chi connectivity index (χ4n) is 3.27. The first-order valence-corrected chi connectivity index (χ1v) is 10.6. The van der Waals surface area contributed by atoms with E-state index in [1.165, 1.54) is 24.3 Å². The average molecular weight is 419 g/mol. The summed E-state index contributed by atoms with van der Waals surface area (Å²) in [6.07, 6.45) is 3.47. The minimum absolute atomic E-state index is 0.00191. The van der Waals surface area contributed by atoms with E-state index in [2.05, 4.69) is 10.0 Å². The maximum absolute atomic E-state index is 13.9. The first-order chi connectivity index (χ1) is 13.8. The van der Waals surface area contributed by atoms with Gasteiger partial charge in [0.15, 0.2) is 0 Å². The number of nitrogens with one attached hydrogen (secondary N) is 2. The predicted molar refractivity (Wildman–Crippen MR) is 101 cm³/mol. The third kappa shape index (κ3) is 4.96. The number of nitriles is 1. The van der Waals surface area contributed by atoms with E-state index in [1.807, 2.05) is 0 Å². The Bertz CT molecular complexity index is 1060. The second-order valence-corrected chi connectivity index (χ2v) is 8.55. The van der Waals surface area contributed by atoms with E-state index in [9.17, 15) is 27.3 Å². The molecule has 9 heteroatoms. The zero-order valence-corrected chi connectivity index (χ0v) is 16.2. The number of carbonyl (C=O) groups is 1. The molecule has 1 amide bonds. The number of halogens is 2. The molecule has 1 aliphatic carbocycles. The van der Waals surface area contributed by atoms with Crippen LogP contribution >= 0.6 is 0 Å². The van der Waals surface area contributed by atoms with Crippen LogP contribution in [0.4, 0.5) is 8.78 Å². The summed E-state index contributed by atoms with van der Waals surface area (Å²) < 4.78 is 54.7. The summed E-state index contributed by atoms with van der Waals surface area (Å²) in [7, 11) is -3.79. The molecule has 6 nitrogen and oxygen atoms in total. The molecule has 3 rings (SSSR count). The highest BCUT2D eigenvalue weighted by atomic mass is 32.2. The van der Waals surface area contributed by atoms with Crippen molar-refractivity contribution >= 4 is 15.9 Å². The van der Waals surface area contributed by atoms with E-state index in [-0.39, 0.29) is 22.1 Å².